The molecular formula is C14H15N3O3S. The summed E-state index contributed by atoms with van der Waals surface area (Å²) < 4.78 is 27.4. The zero-order valence-corrected chi connectivity index (χ0v) is 12.4. The van der Waals surface area contributed by atoms with Crippen LogP contribution in [0.3, 0.4) is 0 Å². The smallest absolute Gasteiger partial charge is 0.263 e. The number of carbonyl (C=O) groups is 1. The molecular weight excluding hydrogens is 290 g/mol. The molecule has 0 aliphatic rings. The third kappa shape index (κ3) is 3.19. The van der Waals surface area contributed by atoms with Gasteiger partial charge in [-0.25, -0.2) is 8.42 Å². The molecule has 0 aliphatic heterocycles. The molecule has 0 radical (unpaired) electrons. The van der Waals surface area contributed by atoms with Crippen molar-refractivity contribution in [3.05, 3.63) is 53.3 Å². The summed E-state index contributed by atoms with van der Waals surface area (Å²) >= 11 is 0. The number of nitrogens with one attached hydrogen (secondary N) is 1. The molecule has 6 nitrogen and oxygen atoms in total. The summed E-state index contributed by atoms with van der Waals surface area (Å²) in [5, 5.41) is 0. The van der Waals surface area contributed by atoms with E-state index in [1.54, 1.807) is 38.2 Å². The number of nitrogens with zero attached hydrogens (tertiary/aromatic N) is 1. The molecule has 7 heteroatoms. The third-order valence-corrected chi connectivity index (χ3v) is 4.46. The molecule has 1 aromatic heterocycles. The number of aromatic nitrogens is 1. The molecule has 21 heavy (non-hydrogen) atoms. The second-order valence-corrected chi connectivity index (χ2v) is 6.29. The van der Waals surface area contributed by atoms with E-state index in [4.69, 9.17) is 5.73 Å². The van der Waals surface area contributed by atoms with Gasteiger partial charge in [-0.1, -0.05) is 12.1 Å². The monoisotopic (exact) mass is 305 g/mol. The van der Waals surface area contributed by atoms with E-state index in [1.165, 1.54) is 12.3 Å². The molecule has 0 saturated carbocycles. The lowest BCUT2D eigenvalue weighted by Gasteiger charge is -2.13. The van der Waals surface area contributed by atoms with Gasteiger partial charge >= 0.3 is 0 Å². The summed E-state index contributed by atoms with van der Waals surface area (Å²) in [5.74, 6) is -0.790. The lowest BCUT2D eigenvalue weighted by molar-refractivity contribution is 0.0997. The minimum absolute atomic E-state index is 0.0388. The van der Waals surface area contributed by atoms with Crippen molar-refractivity contribution in [2.24, 2.45) is 5.73 Å². The summed E-state index contributed by atoms with van der Waals surface area (Å²) in [6.07, 6.45) is 3.01. The molecule has 1 aromatic carbocycles. The number of rotatable bonds is 4. The van der Waals surface area contributed by atoms with E-state index in [0.29, 0.717) is 11.3 Å². The van der Waals surface area contributed by atoms with Crippen LogP contribution in [-0.4, -0.2) is 19.3 Å². The third-order valence-electron chi connectivity index (χ3n) is 2.87. The molecule has 1 amide bonds. The number of sulfonamides is 1. The minimum atomic E-state index is -3.93. The van der Waals surface area contributed by atoms with Gasteiger partial charge in [0.1, 0.15) is 4.90 Å². The molecule has 3 N–H and O–H groups in total. The average Bonchev–Trinajstić information content (AvgIpc) is 2.37. The fourth-order valence-electron chi connectivity index (χ4n) is 2.02. The van der Waals surface area contributed by atoms with Crippen molar-refractivity contribution in [1.82, 2.24) is 4.98 Å². The summed E-state index contributed by atoms with van der Waals surface area (Å²) in [4.78, 5) is 15.3. The molecule has 2 aromatic rings. The van der Waals surface area contributed by atoms with Gasteiger partial charge in [-0.2, -0.15) is 0 Å². The Hall–Kier alpha value is -2.41. The number of amides is 1. The SMILES string of the molecule is Cc1cncc(NS(=O)(=O)c2c(C)cccc2C(N)=O)c1. The lowest BCUT2D eigenvalue weighted by atomic mass is 10.1. The number of anilines is 1. The Labute approximate surface area is 123 Å². The first kappa shape index (κ1) is 15.0. The standard InChI is InChI=1S/C14H15N3O3S/c1-9-6-11(8-16-7-9)17-21(19,20)13-10(2)4-3-5-12(13)14(15)18/h3-8,17H,1-2H3,(H2,15,18). The van der Waals surface area contributed by atoms with Crippen LogP contribution in [0.25, 0.3) is 0 Å². The number of pyridine rings is 1. The predicted octanol–water partition coefficient (Wildman–Crippen LogP) is 1.60. The number of aryl methyl sites for hydroxylation is 2. The van der Waals surface area contributed by atoms with E-state index in [2.05, 4.69) is 9.71 Å². The first-order valence-corrected chi connectivity index (χ1v) is 7.63. The van der Waals surface area contributed by atoms with E-state index in [-0.39, 0.29) is 10.5 Å². The van der Waals surface area contributed by atoms with Gasteiger partial charge in [-0.15, -0.1) is 0 Å². The Morgan fingerprint density at radius 3 is 2.57 bits per heavy atom. The van der Waals surface area contributed by atoms with Crippen molar-refractivity contribution in [2.75, 3.05) is 4.72 Å². The highest BCUT2D eigenvalue weighted by Crippen LogP contribution is 2.23. The molecule has 0 bridgehead atoms. The van der Waals surface area contributed by atoms with Gasteiger partial charge < -0.3 is 5.73 Å². The highest BCUT2D eigenvalue weighted by molar-refractivity contribution is 7.92. The van der Waals surface area contributed by atoms with Gasteiger partial charge in [0.05, 0.1) is 17.4 Å². The van der Waals surface area contributed by atoms with Gasteiger partial charge in [0.15, 0.2) is 0 Å². The lowest BCUT2D eigenvalue weighted by Crippen LogP contribution is -2.21. The molecule has 0 atom stereocenters. The van der Waals surface area contributed by atoms with Crippen LogP contribution in [0.2, 0.25) is 0 Å². The number of hydrogen-bond donors (Lipinski definition) is 2. The first-order chi connectivity index (χ1) is 9.81. The van der Waals surface area contributed by atoms with Crippen molar-refractivity contribution >= 4 is 21.6 Å². The summed E-state index contributed by atoms with van der Waals surface area (Å²) in [6.45, 7) is 3.41. The van der Waals surface area contributed by atoms with Gasteiger partial charge in [-0.3, -0.25) is 14.5 Å². The quantitative estimate of drug-likeness (QED) is 0.895. The van der Waals surface area contributed by atoms with Crippen LogP contribution >= 0.6 is 0 Å². The number of hydrogen-bond acceptors (Lipinski definition) is 4. The minimum Gasteiger partial charge on any atom is -0.366 e. The zero-order chi connectivity index (χ0) is 15.6. The fourth-order valence-corrected chi connectivity index (χ4v) is 3.49. The Balaban J connectivity index is 2.52. The summed E-state index contributed by atoms with van der Waals surface area (Å²) in [5.41, 5.74) is 6.80. The molecule has 0 aliphatic carbocycles. The number of primary amides is 1. The molecule has 110 valence electrons. The van der Waals surface area contributed by atoms with Crippen LogP contribution in [0.5, 0.6) is 0 Å². The van der Waals surface area contributed by atoms with Gasteiger partial charge in [0.2, 0.25) is 5.91 Å². The number of benzene rings is 1. The molecule has 0 fully saturated rings. The molecule has 1 heterocycles. The van der Waals surface area contributed by atoms with E-state index < -0.39 is 15.9 Å². The summed E-state index contributed by atoms with van der Waals surface area (Å²) in [7, 11) is -3.93. The zero-order valence-electron chi connectivity index (χ0n) is 11.6. The molecule has 2 rings (SSSR count). The van der Waals surface area contributed by atoms with Gasteiger partial charge in [0, 0.05) is 6.20 Å². The Morgan fingerprint density at radius 1 is 1.24 bits per heavy atom. The van der Waals surface area contributed by atoms with E-state index >= 15 is 0 Å². The summed E-state index contributed by atoms with van der Waals surface area (Å²) in [6, 6.07) is 6.23. The normalized spacial score (nSPS) is 11.1. The van der Waals surface area contributed by atoms with Crippen molar-refractivity contribution in [3.8, 4) is 0 Å². The van der Waals surface area contributed by atoms with Crippen LogP contribution in [0, 0.1) is 13.8 Å². The molecule has 0 unspecified atom stereocenters. The number of carbonyl (C=O) groups excluding carboxylic acids is 1. The Morgan fingerprint density at radius 2 is 1.95 bits per heavy atom. The predicted molar refractivity (Wildman–Crippen MR) is 79.5 cm³/mol. The van der Waals surface area contributed by atoms with Crippen LogP contribution < -0.4 is 10.5 Å². The number of nitrogens with two attached hydrogens (primary N) is 1. The van der Waals surface area contributed by atoms with Crippen LogP contribution in [0.4, 0.5) is 5.69 Å². The topological polar surface area (TPSA) is 102 Å². The second kappa shape index (κ2) is 5.53. The second-order valence-electron chi connectivity index (χ2n) is 4.67. The van der Waals surface area contributed by atoms with Crippen molar-refractivity contribution in [3.63, 3.8) is 0 Å². The maximum atomic E-state index is 12.5. The maximum Gasteiger partial charge on any atom is 0.263 e. The van der Waals surface area contributed by atoms with Crippen LogP contribution in [0.1, 0.15) is 21.5 Å². The largest absolute Gasteiger partial charge is 0.366 e. The fraction of sp³-hybridized carbons (Fsp3) is 0.143. The Bertz CT molecular complexity index is 801. The van der Waals surface area contributed by atoms with Crippen LogP contribution in [-0.2, 0) is 10.0 Å². The molecule has 0 saturated heterocycles. The average molecular weight is 305 g/mol. The van der Waals surface area contributed by atoms with Gasteiger partial charge in [0.25, 0.3) is 10.0 Å². The Kier molecular flexibility index (Phi) is 3.95. The van der Waals surface area contributed by atoms with Crippen molar-refractivity contribution < 1.29 is 13.2 Å². The van der Waals surface area contributed by atoms with E-state index in [1.807, 2.05) is 0 Å². The van der Waals surface area contributed by atoms with Crippen molar-refractivity contribution in [1.29, 1.82) is 0 Å². The van der Waals surface area contributed by atoms with Gasteiger partial charge in [-0.05, 0) is 37.1 Å². The maximum absolute atomic E-state index is 12.5. The highest BCUT2D eigenvalue weighted by atomic mass is 32.2. The van der Waals surface area contributed by atoms with Crippen molar-refractivity contribution in [2.45, 2.75) is 18.7 Å². The van der Waals surface area contributed by atoms with Crippen LogP contribution in [0.15, 0.2) is 41.6 Å². The van der Waals surface area contributed by atoms with E-state index in [0.717, 1.165) is 5.56 Å². The first-order valence-electron chi connectivity index (χ1n) is 6.15. The van der Waals surface area contributed by atoms with E-state index in [9.17, 15) is 13.2 Å². The molecule has 0 spiro atoms. The highest BCUT2D eigenvalue weighted by Gasteiger charge is 2.23.